The van der Waals surface area contributed by atoms with E-state index in [0.29, 0.717) is 0 Å². The lowest BCUT2D eigenvalue weighted by Crippen LogP contribution is -2.05. The minimum Gasteiger partial charge on any atom is -0.372 e. The monoisotopic (exact) mass is 326 g/mol. The van der Waals surface area contributed by atoms with Crippen LogP contribution < -0.4 is 10.6 Å². The van der Waals surface area contributed by atoms with Crippen LogP contribution in [0.15, 0.2) is 22.2 Å². The third-order valence-electron chi connectivity index (χ3n) is 2.66. The maximum absolute atomic E-state index is 4.24. The molecular weight excluding hydrogens is 312 g/mol. The van der Waals surface area contributed by atoms with Crippen molar-refractivity contribution in [3.8, 4) is 0 Å². The number of anilines is 2. The van der Waals surface area contributed by atoms with Crippen LogP contribution >= 0.6 is 27.3 Å². The molecule has 0 atom stereocenters. The van der Waals surface area contributed by atoms with E-state index in [9.17, 15) is 0 Å². The molecule has 0 aromatic carbocycles. The average Bonchev–Trinajstić information content (AvgIpc) is 2.85. The molecule has 0 bridgehead atoms. The topological polar surface area (TPSA) is 49.8 Å². The summed E-state index contributed by atoms with van der Waals surface area (Å²) in [6, 6.07) is 2.18. The highest BCUT2D eigenvalue weighted by molar-refractivity contribution is 9.10. The highest BCUT2D eigenvalue weighted by Crippen LogP contribution is 2.27. The lowest BCUT2D eigenvalue weighted by atomic mass is 10.2. The Morgan fingerprint density at radius 3 is 2.83 bits per heavy atom. The summed E-state index contributed by atoms with van der Waals surface area (Å²) in [6.45, 7) is 2.96. The molecule has 0 unspecified atom stereocenters. The molecule has 2 N–H and O–H groups in total. The van der Waals surface area contributed by atoms with Crippen molar-refractivity contribution in [2.75, 3.05) is 17.7 Å². The number of hydrogen-bond donors (Lipinski definition) is 2. The summed E-state index contributed by atoms with van der Waals surface area (Å²) in [6.07, 6.45) is 2.61. The van der Waals surface area contributed by atoms with E-state index in [-0.39, 0.29) is 0 Å². The molecule has 0 fully saturated rings. The number of nitrogens with one attached hydrogen (secondary N) is 2. The van der Waals surface area contributed by atoms with Gasteiger partial charge >= 0.3 is 0 Å². The van der Waals surface area contributed by atoms with Gasteiger partial charge in [0.2, 0.25) is 0 Å². The fourth-order valence-electron chi connectivity index (χ4n) is 1.67. The zero-order valence-corrected chi connectivity index (χ0v) is 12.7. The zero-order chi connectivity index (χ0) is 13.0. The Morgan fingerprint density at radius 1 is 1.33 bits per heavy atom. The fourth-order valence-corrected chi connectivity index (χ4v) is 3.13. The van der Waals surface area contributed by atoms with E-state index in [1.165, 1.54) is 10.4 Å². The van der Waals surface area contributed by atoms with Gasteiger partial charge in [-0.1, -0.05) is 6.92 Å². The molecule has 0 spiro atoms. The van der Waals surface area contributed by atoms with Crippen molar-refractivity contribution in [1.29, 1.82) is 0 Å². The second-order valence-electron chi connectivity index (χ2n) is 3.71. The predicted octanol–water partition coefficient (Wildman–Crippen LogP) is 3.52. The van der Waals surface area contributed by atoms with Gasteiger partial charge in [-0.3, -0.25) is 0 Å². The van der Waals surface area contributed by atoms with Crippen molar-refractivity contribution >= 4 is 38.9 Å². The second-order valence-corrected chi connectivity index (χ2v) is 5.50. The molecule has 18 heavy (non-hydrogen) atoms. The summed E-state index contributed by atoms with van der Waals surface area (Å²) >= 11 is 5.27. The van der Waals surface area contributed by atoms with Crippen molar-refractivity contribution in [2.45, 2.75) is 19.9 Å². The van der Waals surface area contributed by atoms with Gasteiger partial charge in [0.15, 0.2) is 0 Å². The molecule has 0 aliphatic heterocycles. The van der Waals surface area contributed by atoms with Gasteiger partial charge < -0.3 is 10.6 Å². The number of rotatable bonds is 5. The lowest BCUT2D eigenvalue weighted by molar-refractivity contribution is 1.05. The molecule has 4 nitrogen and oxygen atoms in total. The Morgan fingerprint density at radius 2 is 2.11 bits per heavy atom. The van der Waals surface area contributed by atoms with E-state index < -0.39 is 0 Å². The molecule has 0 saturated heterocycles. The average molecular weight is 327 g/mol. The Bertz CT molecular complexity index is 527. The van der Waals surface area contributed by atoms with Crippen molar-refractivity contribution in [2.24, 2.45) is 0 Å². The van der Waals surface area contributed by atoms with Gasteiger partial charge in [0.25, 0.3) is 0 Å². The van der Waals surface area contributed by atoms with Crippen LogP contribution in [0.2, 0.25) is 0 Å². The Hall–Kier alpha value is -1.14. The van der Waals surface area contributed by atoms with E-state index in [4.69, 9.17) is 0 Å². The second kappa shape index (κ2) is 6.15. The van der Waals surface area contributed by atoms with Crippen LogP contribution in [-0.4, -0.2) is 17.0 Å². The molecule has 0 aliphatic rings. The van der Waals surface area contributed by atoms with Crippen LogP contribution in [0.1, 0.15) is 17.4 Å². The highest BCUT2D eigenvalue weighted by atomic mass is 79.9. The van der Waals surface area contributed by atoms with Crippen LogP contribution in [0.25, 0.3) is 0 Å². The predicted molar refractivity (Wildman–Crippen MR) is 80.3 cm³/mol. The first-order valence-corrected chi connectivity index (χ1v) is 7.40. The number of nitrogens with zero attached hydrogens (tertiary/aromatic N) is 2. The van der Waals surface area contributed by atoms with E-state index in [0.717, 1.165) is 29.1 Å². The number of thiophene rings is 1. The van der Waals surface area contributed by atoms with E-state index in [1.54, 1.807) is 17.7 Å². The highest BCUT2D eigenvalue weighted by Gasteiger charge is 2.08. The molecular formula is C12H15BrN4S. The molecule has 2 heterocycles. The standard InChI is InChI=1S/C12H15BrN4S/c1-3-8-4-5-18-9(8)6-15-12-10(13)11(14-2)16-7-17-12/h4-5,7H,3,6H2,1-2H3,(H2,14,15,16,17). The molecule has 0 aliphatic carbocycles. The van der Waals surface area contributed by atoms with Crippen molar-refractivity contribution < 1.29 is 0 Å². The minimum absolute atomic E-state index is 0.786. The molecule has 0 saturated carbocycles. The quantitative estimate of drug-likeness (QED) is 0.882. The molecule has 0 amide bonds. The van der Waals surface area contributed by atoms with Gasteiger partial charge in [0.1, 0.15) is 22.4 Å². The third kappa shape index (κ3) is 2.81. The largest absolute Gasteiger partial charge is 0.372 e. The summed E-state index contributed by atoms with van der Waals surface area (Å²) < 4.78 is 0.863. The summed E-state index contributed by atoms with van der Waals surface area (Å²) in [5.41, 5.74) is 1.39. The van der Waals surface area contributed by atoms with Crippen molar-refractivity contribution in [3.05, 3.63) is 32.7 Å². The molecule has 2 aromatic rings. The fraction of sp³-hybridized carbons (Fsp3) is 0.333. The summed E-state index contributed by atoms with van der Waals surface area (Å²) in [5, 5.41) is 8.48. The number of aromatic nitrogens is 2. The van der Waals surface area contributed by atoms with Crippen molar-refractivity contribution in [1.82, 2.24) is 9.97 Å². The Kier molecular flexibility index (Phi) is 4.54. The Balaban J connectivity index is 2.11. The maximum atomic E-state index is 4.24. The van der Waals surface area contributed by atoms with Crippen molar-refractivity contribution in [3.63, 3.8) is 0 Å². The third-order valence-corrected chi connectivity index (χ3v) is 4.38. The summed E-state index contributed by atoms with van der Waals surface area (Å²) in [7, 11) is 1.84. The number of hydrogen-bond acceptors (Lipinski definition) is 5. The molecule has 2 rings (SSSR count). The first-order chi connectivity index (χ1) is 8.76. The van der Waals surface area contributed by atoms with Crippen LogP contribution in [0.4, 0.5) is 11.6 Å². The maximum Gasteiger partial charge on any atom is 0.146 e. The summed E-state index contributed by atoms with van der Waals surface area (Å²) in [5.74, 6) is 1.60. The van der Waals surface area contributed by atoms with Gasteiger partial charge in [0, 0.05) is 11.9 Å². The van der Waals surface area contributed by atoms with Crippen LogP contribution in [0, 0.1) is 0 Å². The van der Waals surface area contributed by atoms with Crippen LogP contribution in [0.5, 0.6) is 0 Å². The molecule has 6 heteroatoms. The molecule has 0 radical (unpaired) electrons. The normalized spacial score (nSPS) is 10.4. The number of aryl methyl sites for hydroxylation is 1. The SMILES string of the molecule is CCc1ccsc1CNc1ncnc(NC)c1Br. The lowest BCUT2D eigenvalue weighted by Gasteiger charge is -2.09. The summed E-state index contributed by atoms with van der Waals surface area (Å²) in [4.78, 5) is 9.72. The zero-order valence-electron chi connectivity index (χ0n) is 10.3. The van der Waals surface area contributed by atoms with Gasteiger partial charge in [-0.05, 0) is 39.4 Å². The Labute approximate surface area is 119 Å². The van der Waals surface area contributed by atoms with Crippen LogP contribution in [0.3, 0.4) is 0 Å². The molecule has 2 aromatic heterocycles. The van der Waals surface area contributed by atoms with E-state index in [2.05, 4.69) is 54.9 Å². The van der Waals surface area contributed by atoms with Crippen LogP contribution in [-0.2, 0) is 13.0 Å². The van der Waals surface area contributed by atoms with E-state index in [1.807, 2.05) is 7.05 Å². The smallest absolute Gasteiger partial charge is 0.146 e. The number of halogens is 1. The molecule has 96 valence electrons. The first kappa shape index (κ1) is 13.3. The van der Waals surface area contributed by atoms with Gasteiger partial charge in [-0.15, -0.1) is 11.3 Å². The first-order valence-electron chi connectivity index (χ1n) is 5.73. The van der Waals surface area contributed by atoms with Gasteiger partial charge in [-0.25, -0.2) is 9.97 Å². The van der Waals surface area contributed by atoms with E-state index >= 15 is 0 Å². The van der Waals surface area contributed by atoms with Gasteiger partial charge in [-0.2, -0.15) is 0 Å². The van der Waals surface area contributed by atoms with Gasteiger partial charge in [0.05, 0.1) is 6.54 Å². The minimum atomic E-state index is 0.786.